The zero-order chi connectivity index (χ0) is 13.5. The third kappa shape index (κ3) is 4.82. The Balaban J connectivity index is 2.39. The number of carbonyl (C=O) groups excluding carboxylic acids is 1. The monoisotopic (exact) mass is 252 g/mol. The molecule has 6 heteroatoms. The van der Waals surface area contributed by atoms with E-state index in [-0.39, 0.29) is 18.2 Å². The number of nitrogens with one attached hydrogen (secondary N) is 1. The van der Waals surface area contributed by atoms with Gasteiger partial charge < -0.3 is 15.2 Å². The molecule has 1 amide bonds. The van der Waals surface area contributed by atoms with Crippen LogP contribution in [0.3, 0.4) is 0 Å². The molecule has 18 heavy (non-hydrogen) atoms. The van der Waals surface area contributed by atoms with Crippen LogP contribution in [0.15, 0.2) is 18.3 Å². The van der Waals surface area contributed by atoms with Gasteiger partial charge in [0.15, 0.2) is 0 Å². The summed E-state index contributed by atoms with van der Waals surface area (Å²) in [6.45, 7) is 4.51. The van der Waals surface area contributed by atoms with Crippen molar-refractivity contribution in [3.63, 3.8) is 0 Å². The Morgan fingerprint density at radius 2 is 2.17 bits per heavy atom. The Bertz CT molecular complexity index is 415. The lowest BCUT2D eigenvalue weighted by atomic mass is 10.2. The molecule has 1 heterocycles. The first-order valence-corrected chi connectivity index (χ1v) is 5.58. The number of carboxylic acid groups (broad SMARTS) is 1. The van der Waals surface area contributed by atoms with Crippen molar-refractivity contribution in [1.82, 2.24) is 10.3 Å². The predicted molar refractivity (Wildman–Crippen MR) is 64.2 cm³/mol. The molecule has 0 saturated heterocycles. The summed E-state index contributed by atoms with van der Waals surface area (Å²) in [4.78, 5) is 25.6. The van der Waals surface area contributed by atoms with E-state index in [1.54, 1.807) is 6.07 Å². The van der Waals surface area contributed by atoms with Crippen molar-refractivity contribution in [2.24, 2.45) is 5.92 Å². The summed E-state index contributed by atoms with van der Waals surface area (Å²) < 4.78 is 4.92. The van der Waals surface area contributed by atoms with Crippen molar-refractivity contribution in [2.75, 3.05) is 6.61 Å². The highest BCUT2D eigenvalue weighted by Crippen LogP contribution is 2.00. The van der Waals surface area contributed by atoms with Crippen LogP contribution in [0.2, 0.25) is 0 Å². The van der Waals surface area contributed by atoms with Gasteiger partial charge in [0.05, 0.1) is 6.61 Å². The molecule has 6 nitrogen and oxygen atoms in total. The van der Waals surface area contributed by atoms with Crippen molar-refractivity contribution < 1.29 is 19.4 Å². The molecule has 0 aliphatic rings. The molecule has 98 valence electrons. The molecular formula is C12H16N2O4. The molecule has 0 aliphatic carbocycles. The molecule has 1 aromatic heterocycles. The van der Waals surface area contributed by atoms with E-state index in [1.165, 1.54) is 12.3 Å². The second-order valence-corrected chi connectivity index (χ2v) is 4.20. The quantitative estimate of drug-likeness (QED) is 0.832. The lowest BCUT2D eigenvalue weighted by Crippen LogP contribution is -2.25. The second kappa shape index (κ2) is 6.58. The molecule has 2 N–H and O–H groups in total. The molecule has 0 atom stereocenters. The highest BCUT2D eigenvalue weighted by Gasteiger charge is 2.06. The summed E-state index contributed by atoms with van der Waals surface area (Å²) in [6.07, 6.45) is 0.914. The average molecular weight is 252 g/mol. The minimum absolute atomic E-state index is 0.0267. The van der Waals surface area contributed by atoms with Gasteiger partial charge in [0.1, 0.15) is 5.69 Å². The summed E-state index contributed by atoms with van der Waals surface area (Å²) in [5, 5.41) is 11.2. The SMILES string of the molecule is CC(C)COC(=O)NCc1ccc(C(=O)O)nc1. The fourth-order valence-electron chi connectivity index (χ4n) is 1.12. The van der Waals surface area contributed by atoms with E-state index >= 15 is 0 Å². The molecule has 0 fully saturated rings. The van der Waals surface area contributed by atoms with Gasteiger partial charge in [0, 0.05) is 12.7 Å². The predicted octanol–water partition coefficient (Wildman–Crippen LogP) is 1.66. The van der Waals surface area contributed by atoms with Gasteiger partial charge in [-0.05, 0) is 17.5 Å². The van der Waals surface area contributed by atoms with Crippen LogP contribution in [-0.4, -0.2) is 28.8 Å². The van der Waals surface area contributed by atoms with Crippen molar-refractivity contribution in [2.45, 2.75) is 20.4 Å². The van der Waals surface area contributed by atoms with Crippen LogP contribution < -0.4 is 5.32 Å². The Morgan fingerprint density at radius 1 is 1.44 bits per heavy atom. The third-order valence-corrected chi connectivity index (χ3v) is 2.03. The van der Waals surface area contributed by atoms with E-state index in [1.807, 2.05) is 13.8 Å². The maximum Gasteiger partial charge on any atom is 0.407 e. The van der Waals surface area contributed by atoms with E-state index in [2.05, 4.69) is 10.3 Å². The first kappa shape index (κ1) is 14.0. The number of hydrogen-bond acceptors (Lipinski definition) is 4. The number of amides is 1. The summed E-state index contributed by atoms with van der Waals surface area (Å²) in [7, 11) is 0. The van der Waals surface area contributed by atoms with Gasteiger partial charge in [-0.1, -0.05) is 19.9 Å². The molecular weight excluding hydrogens is 236 g/mol. The minimum atomic E-state index is -1.08. The maximum atomic E-state index is 11.2. The molecule has 0 aromatic carbocycles. The van der Waals surface area contributed by atoms with E-state index in [0.29, 0.717) is 12.2 Å². The van der Waals surface area contributed by atoms with E-state index < -0.39 is 12.1 Å². The van der Waals surface area contributed by atoms with E-state index in [9.17, 15) is 9.59 Å². The summed E-state index contributed by atoms with van der Waals surface area (Å²) in [5.41, 5.74) is 0.683. The maximum absolute atomic E-state index is 11.2. The first-order valence-electron chi connectivity index (χ1n) is 5.58. The van der Waals surface area contributed by atoms with Crippen molar-refractivity contribution in [1.29, 1.82) is 0 Å². The normalized spacial score (nSPS) is 10.2. The summed E-state index contributed by atoms with van der Waals surface area (Å²) in [6, 6.07) is 2.98. The van der Waals surface area contributed by atoms with Gasteiger partial charge in [0.2, 0.25) is 0 Å². The highest BCUT2D eigenvalue weighted by molar-refractivity contribution is 5.85. The Morgan fingerprint density at radius 3 is 2.67 bits per heavy atom. The second-order valence-electron chi connectivity index (χ2n) is 4.20. The average Bonchev–Trinajstić information content (AvgIpc) is 2.34. The minimum Gasteiger partial charge on any atom is -0.477 e. The van der Waals surface area contributed by atoms with Gasteiger partial charge in [-0.25, -0.2) is 14.6 Å². The van der Waals surface area contributed by atoms with Gasteiger partial charge >= 0.3 is 12.1 Å². The summed E-state index contributed by atoms with van der Waals surface area (Å²) >= 11 is 0. The molecule has 0 spiro atoms. The zero-order valence-corrected chi connectivity index (χ0v) is 10.3. The number of aromatic nitrogens is 1. The highest BCUT2D eigenvalue weighted by atomic mass is 16.5. The molecule has 0 bridgehead atoms. The van der Waals surface area contributed by atoms with Crippen LogP contribution in [0.5, 0.6) is 0 Å². The zero-order valence-electron chi connectivity index (χ0n) is 10.3. The largest absolute Gasteiger partial charge is 0.477 e. The molecule has 1 aromatic rings. The number of aromatic carboxylic acids is 1. The first-order chi connectivity index (χ1) is 8.49. The number of carboxylic acids is 1. The number of rotatable bonds is 5. The number of pyridine rings is 1. The molecule has 0 saturated carbocycles. The lowest BCUT2D eigenvalue weighted by Gasteiger charge is -2.08. The Hall–Kier alpha value is -2.11. The van der Waals surface area contributed by atoms with Crippen LogP contribution in [0, 0.1) is 5.92 Å². The van der Waals surface area contributed by atoms with Crippen molar-refractivity contribution >= 4 is 12.1 Å². The number of nitrogens with zero attached hydrogens (tertiary/aromatic N) is 1. The van der Waals surface area contributed by atoms with E-state index in [4.69, 9.17) is 9.84 Å². The molecule has 0 unspecified atom stereocenters. The molecule has 0 radical (unpaired) electrons. The lowest BCUT2D eigenvalue weighted by molar-refractivity contribution is 0.0690. The van der Waals surface area contributed by atoms with Gasteiger partial charge in [-0.15, -0.1) is 0 Å². The third-order valence-electron chi connectivity index (χ3n) is 2.03. The number of alkyl carbamates (subject to hydrolysis) is 1. The molecule has 0 aliphatic heterocycles. The van der Waals surface area contributed by atoms with Crippen LogP contribution in [0.25, 0.3) is 0 Å². The number of hydrogen-bond donors (Lipinski definition) is 2. The van der Waals surface area contributed by atoms with Gasteiger partial charge in [-0.3, -0.25) is 0 Å². The number of carbonyl (C=O) groups is 2. The fraction of sp³-hybridized carbons (Fsp3) is 0.417. The van der Waals surface area contributed by atoms with Crippen molar-refractivity contribution in [3.05, 3.63) is 29.6 Å². The smallest absolute Gasteiger partial charge is 0.407 e. The van der Waals surface area contributed by atoms with Crippen LogP contribution >= 0.6 is 0 Å². The number of ether oxygens (including phenoxy) is 1. The Kier molecular flexibility index (Phi) is 5.10. The molecule has 1 rings (SSSR count). The van der Waals surface area contributed by atoms with E-state index in [0.717, 1.165) is 0 Å². The van der Waals surface area contributed by atoms with Crippen molar-refractivity contribution in [3.8, 4) is 0 Å². The van der Waals surface area contributed by atoms with Crippen LogP contribution in [-0.2, 0) is 11.3 Å². The Labute approximate surface area is 105 Å². The summed E-state index contributed by atoms with van der Waals surface area (Å²) in [5.74, 6) is -0.793. The van der Waals surface area contributed by atoms with Gasteiger partial charge in [0.25, 0.3) is 0 Å². The van der Waals surface area contributed by atoms with Gasteiger partial charge in [-0.2, -0.15) is 0 Å². The van der Waals surface area contributed by atoms with Crippen LogP contribution in [0.4, 0.5) is 4.79 Å². The topological polar surface area (TPSA) is 88.5 Å². The standard InChI is InChI=1S/C12H16N2O4/c1-8(2)7-18-12(17)14-6-9-3-4-10(11(15)16)13-5-9/h3-5,8H,6-7H2,1-2H3,(H,14,17)(H,15,16). The van der Waals surface area contributed by atoms with Crippen LogP contribution in [0.1, 0.15) is 29.9 Å². The fourth-order valence-corrected chi connectivity index (χ4v) is 1.12.